The number of nitrogens with zero attached hydrogens (tertiary/aromatic N) is 1. The van der Waals surface area contributed by atoms with Crippen LogP contribution in [0.15, 0.2) is 69.9 Å². The fourth-order valence-corrected chi connectivity index (χ4v) is 5.50. The summed E-state index contributed by atoms with van der Waals surface area (Å²) in [4.78, 5) is 41.4. The third-order valence-electron chi connectivity index (χ3n) is 5.89. The van der Waals surface area contributed by atoms with Gasteiger partial charge in [-0.1, -0.05) is 48.5 Å². The molecular formula is C26H22N2O5S. The zero-order chi connectivity index (χ0) is 23.7. The van der Waals surface area contributed by atoms with Gasteiger partial charge in [0, 0.05) is 29.9 Å². The molecule has 172 valence electrons. The molecule has 7 nitrogen and oxygen atoms in total. The molecule has 1 N–H and O–H groups in total. The van der Waals surface area contributed by atoms with Gasteiger partial charge in [-0.15, -0.1) is 11.3 Å². The van der Waals surface area contributed by atoms with Gasteiger partial charge in [0.05, 0.1) is 12.7 Å². The number of hydrogen-bond donors (Lipinski definition) is 1. The van der Waals surface area contributed by atoms with E-state index in [-0.39, 0.29) is 5.56 Å². The second-order valence-corrected chi connectivity index (χ2v) is 9.19. The van der Waals surface area contributed by atoms with Crippen molar-refractivity contribution in [3.8, 4) is 0 Å². The number of para-hydroxylation sites is 1. The molecule has 8 heteroatoms. The second kappa shape index (κ2) is 9.24. The first-order chi connectivity index (χ1) is 16.5. The van der Waals surface area contributed by atoms with Crippen molar-refractivity contribution in [2.45, 2.75) is 19.5 Å². The number of anilines is 1. The number of thiophene rings is 1. The van der Waals surface area contributed by atoms with Crippen LogP contribution in [-0.2, 0) is 24.2 Å². The van der Waals surface area contributed by atoms with Gasteiger partial charge < -0.3 is 14.5 Å². The lowest BCUT2D eigenvalue weighted by Gasteiger charge is -2.27. The summed E-state index contributed by atoms with van der Waals surface area (Å²) in [6.45, 7) is 2.24. The molecule has 0 unspecified atom stereocenters. The maximum absolute atomic E-state index is 13.0. The highest BCUT2D eigenvalue weighted by atomic mass is 32.1. The molecule has 1 amide bonds. The van der Waals surface area contributed by atoms with Gasteiger partial charge in [0.25, 0.3) is 5.91 Å². The van der Waals surface area contributed by atoms with E-state index in [9.17, 15) is 14.4 Å². The number of carbonyl (C=O) groups is 2. The smallest absolute Gasteiger partial charge is 0.349 e. The zero-order valence-electron chi connectivity index (χ0n) is 18.5. The molecule has 0 aliphatic carbocycles. The lowest BCUT2D eigenvalue weighted by atomic mass is 10.0. The SMILES string of the molecule is COC(=O)c1c(NC(=O)c2cc3ccccc3oc2=O)sc2c1CCN(Cc1ccccc1)C2. The van der Waals surface area contributed by atoms with Crippen molar-refractivity contribution >= 4 is 39.2 Å². The Morgan fingerprint density at radius 3 is 2.68 bits per heavy atom. The maximum Gasteiger partial charge on any atom is 0.349 e. The molecule has 0 bridgehead atoms. The van der Waals surface area contributed by atoms with Crippen LogP contribution < -0.4 is 10.9 Å². The highest BCUT2D eigenvalue weighted by molar-refractivity contribution is 7.17. The number of ether oxygens (including phenoxy) is 1. The Bertz CT molecular complexity index is 1440. The molecule has 2 aromatic heterocycles. The Kier molecular flexibility index (Phi) is 6.00. The van der Waals surface area contributed by atoms with Gasteiger partial charge in [0.2, 0.25) is 0 Å². The van der Waals surface area contributed by atoms with Crippen LogP contribution in [0.2, 0.25) is 0 Å². The van der Waals surface area contributed by atoms with Crippen LogP contribution in [0.3, 0.4) is 0 Å². The first kappa shape index (κ1) is 22.1. The van der Waals surface area contributed by atoms with E-state index in [4.69, 9.17) is 9.15 Å². The Morgan fingerprint density at radius 2 is 1.88 bits per heavy atom. The van der Waals surface area contributed by atoms with Crippen molar-refractivity contribution in [1.29, 1.82) is 0 Å². The van der Waals surface area contributed by atoms with Crippen molar-refractivity contribution < 1.29 is 18.7 Å². The van der Waals surface area contributed by atoms with Crippen LogP contribution in [0.5, 0.6) is 0 Å². The minimum Gasteiger partial charge on any atom is -0.465 e. The number of hydrogen-bond acceptors (Lipinski definition) is 7. The van der Waals surface area contributed by atoms with Gasteiger partial charge in [0.15, 0.2) is 0 Å². The second-order valence-electron chi connectivity index (χ2n) is 8.09. The minimum atomic E-state index is -0.730. The minimum absolute atomic E-state index is 0.119. The van der Waals surface area contributed by atoms with Crippen LogP contribution in [0.4, 0.5) is 5.00 Å². The lowest BCUT2D eigenvalue weighted by molar-refractivity contribution is 0.0600. The number of nitrogens with one attached hydrogen (secondary N) is 1. The third-order valence-corrected chi connectivity index (χ3v) is 7.02. The number of carbonyl (C=O) groups excluding carboxylic acids is 2. The van der Waals surface area contributed by atoms with E-state index in [1.807, 2.05) is 18.2 Å². The van der Waals surface area contributed by atoms with Crippen molar-refractivity contribution in [1.82, 2.24) is 4.90 Å². The van der Waals surface area contributed by atoms with E-state index in [1.165, 1.54) is 30.1 Å². The average molecular weight is 475 g/mol. The summed E-state index contributed by atoms with van der Waals surface area (Å²) in [6.07, 6.45) is 0.664. The fourth-order valence-electron chi connectivity index (χ4n) is 4.23. The molecular weight excluding hydrogens is 452 g/mol. The predicted molar refractivity (Wildman–Crippen MR) is 130 cm³/mol. The summed E-state index contributed by atoms with van der Waals surface area (Å²) in [5, 5.41) is 3.80. The molecule has 5 rings (SSSR count). The van der Waals surface area contributed by atoms with Crippen LogP contribution in [0, 0.1) is 0 Å². The van der Waals surface area contributed by atoms with E-state index in [0.29, 0.717) is 34.5 Å². The quantitative estimate of drug-likeness (QED) is 0.340. The van der Waals surface area contributed by atoms with Crippen molar-refractivity contribution in [2.24, 2.45) is 0 Å². The van der Waals surface area contributed by atoms with E-state index >= 15 is 0 Å². The molecule has 0 saturated heterocycles. The summed E-state index contributed by atoms with van der Waals surface area (Å²) in [7, 11) is 1.32. The largest absolute Gasteiger partial charge is 0.465 e. The Morgan fingerprint density at radius 1 is 1.12 bits per heavy atom. The topological polar surface area (TPSA) is 88.8 Å². The summed E-state index contributed by atoms with van der Waals surface area (Å²) in [5.41, 5.74) is 2.02. The summed E-state index contributed by atoms with van der Waals surface area (Å²) >= 11 is 1.35. The monoisotopic (exact) mass is 474 g/mol. The average Bonchev–Trinajstić information content (AvgIpc) is 3.20. The van der Waals surface area contributed by atoms with Crippen LogP contribution in [0.25, 0.3) is 11.0 Å². The van der Waals surface area contributed by atoms with Gasteiger partial charge in [-0.3, -0.25) is 9.69 Å². The third kappa shape index (κ3) is 4.25. The van der Waals surface area contributed by atoms with Crippen molar-refractivity contribution in [3.05, 3.63) is 98.2 Å². The van der Waals surface area contributed by atoms with E-state index in [0.717, 1.165) is 23.5 Å². The number of methoxy groups -OCH3 is 1. The first-order valence-electron chi connectivity index (χ1n) is 10.9. The highest BCUT2D eigenvalue weighted by Crippen LogP contribution is 2.38. The van der Waals surface area contributed by atoms with Crippen LogP contribution in [-0.4, -0.2) is 30.4 Å². The zero-order valence-corrected chi connectivity index (χ0v) is 19.3. The van der Waals surface area contributed by atoms with Gasteiger partial charge in [-0.25, -0.2) is 9.59 Å². The molecule has 34 heavy (non-hydrogen) atoms. The summed E-state index contributed by atoms with van der Waals surface area (Å²) < 4.78 is 10.3. The summed E-state index contributed by atoms with van der Waals surface area (Å²) in [6, 6.07) is 18.7. The fraction of sp³-hybridized carbons (Fsp3) is 0.192. The Labute approximate surface area is 199 Å². The van der Waals surface area contributed by atoms with E-state index in [2.05, 4.69) is 22.3 Å². The molecule has 1 aliphatic heterocycles. The molecule has 0 radical (unpaired) electrons. The normalized spacial score (nSPS) is 13.4. The molecule has 0 saturated carbocycles. The lowest BCUT2D eigenvalue weighted by Crippen LogP contribution is -2.29. The van der Waals surface area contributed by atoms with Gasteiger partial charge in [-0.05, 0) is 29.7 Å². The molecule has 1 aliphatic rings. The molecule has 2 aromatic carbocycles. The number of rotatable bonds is 5. The molecule has 0 fully saturated rings. The van der Waals surface area contributed by atoms with E-state index in [1.54, 1.807) is 24.3 Å². The number of fused-ring (bicyclic) bond motifs is 2. The van der Waals surface area contributed by atoms with Crippen LogP contribution in [0.1, 0.15) is 36.7 Å². The number of esters is 1. The Hall–Kier alpha value is -3.75. The van der Waals surface area contributed by atoms with Gasteiger partial charge in [-0.2, -0.15) is 0 Å². The van der Waals surface area contributed by atoms with Gasteiger partial charge in [0.1, 0.15) is 16.1 Å². The predicted octanol–water partition coefficient (Wildman–Crippen LogP) is 4.45. The van der Waals surface area contributed by atoms with Gasteiger partial charge >= 0.3 is 11.6 Å². The molecule has 4 aromatic rings. The van der Waals surface area contributed by atoms with Crippen LogP contribution >= 0.6 is 11.3 Å². The number of amides is 1. The molecule has 3 heterocycles. The first-order valence-corrected chi connectivity index (χ1v) is 11.7. The molecule has 0 spiro atoms. The van der Waals surface area contributed by atoms with Crippen molar-refractivity contribution in [3.63, 3.8) is 0 Å². The highest BCUT2D eigenvalue weighted by Gasteiger charge is 2.30. The van der Waals surface area contributed by atoms with Crippen molar-refractivity contribution in [2.75, 3.05) is 19.0 Å². The standard InChI is InChI=1S/C26H22N2O5S/c1-32-26(31)22-18-11-12-28(14-16-7-3-2-4-8-16)15-21(18)34-24(22)27-23(29)19-13-17-9-5-6-10-20(17)33-25(19)30/h2-10,13H,11-12,14-15H2,1H3,(H,27,29). The Balaban J connectivity index is 1.44. The maximum atomic E-state index is 13.0. The number of benzene rings is 2. The van der Waals surface area contributed by atoms with E-state index < -0.39 is 17.5 Å². The molecule has 0 atom stereocenters. The summed E-state index contributed by atoms with van der Waals surface area (Å²) in [5.74, 6) is -1.13.